The Bertz CT molecular complexity index is 834. The van der Waals surface area contributed by atoms with Gasteiger partial charge in [-0.1, -0.05) is 19.9 Å². The molecule has 2 aromatic carbocycles. The largest absolute Gasteiger partial charge is 0.497 e. The highest BCUT2D eigenvalue weighted by molar-refractivity contribution is 6.17. The molecule has 0 aromatic heterocycles. The van der Waals surface area contributed by atoms with Gasteiger partial charge in [0.2, 0.25) is 0 Å². The SMILES string of the molecule is CCC1(CC)Cc2ccc(OC)cc2C(CC(=O)c2ccc(N)cc2)=N1. The van der Waals surface area contributed by atoms with Gasteiger partial charge in [-0.2, -0.15) is 0 Å². The molecule has 0 atom stereocenters. The van der Waals surface area contributed by atoms with Crippen LogP contribution < -0.4 is 10.5 Å². The van der Waals surface area contributed by atoms with Crippen molar-refractivity contribution in [2.45, 2.75) is 45.1 Å². The number of aliphatic imine (C=N–C) groups is 1. The van der Waals surface area contributed by atoms with Crippen LogP contribution in [0.4, 0.5) is 5.69 Å². The van der Waals surface area contributed by atoms with Crippen molar-refractivity contribution in [1.29, 1.82) is 0 Å². The average Bonchev–Trinajstić information content (AvgIpc) is 2.67. The molecule has 0 saturated carbocycles. The fourth-order valence-electron chi connectivity index (χ4n) is 3.56. The molecule has 4 heteroatoms. The smallest absolute Gasteiger partial charge is 0.168 e. The van der Waals surface area contributed by atoms with Crippen LogP contribution >= 0.6 is 0 Å². The summed E-state index contributed by atoms with van der Waals surface area (Å²) < 4.78 is 5.38. The van der Waals surface area contributed by atoms with Crippen LogP contribution in [0.2, 0.25) is 0 Å². The van der Waals surface area contributed by atoms with Crippen LogP contribution in [0, 0.1) is 0 Å². The molecule has 0 amide bonds. The molecule has 1 heterocycles. The molecule has 4 nitrogen and oxygen atoms in total. The molecule has 0 spiro atoms. The first-order valence-corrected chi connectivity index (χ1v) is 9.15. The van der Waals surface area contributed by atoms with E-state index in [1.165, 1.54) is 5.56 Å². The number of anilines is 1. The van der Waals surface area contributed by atoms with E-state index in [2.05, 4.69) is 19.9 Å². The Morgan fingerprint density at radius 3 is 2.46 bits per heavy atom. The maximum atomic E-state index is 12.8. The molecule has 136 valence electrons. The Labute approximate surface area is 155 Å². The molecule has 0 fully saturated rings. The second kappa shape index (κ2) is 7.32. The number of rotatable bonds is 6. The van der Waals surface area contributed by atoms with Crippen molar-refractivity contribution < 1.29 is 9.53 Å². The molecule has 0 saturated heterocycles. The lowest BCUT2D eigenvalue weighted by molar-refractivity contribution is 0.100. The monoisotopic (exact) mass is 350 g/mol. The third-order valence-electron chi connectivity index (χ3n) is 5.40. The minimum Gasteiger partial charge on any atom is -0.497 e. The van der Waals surface area contributed by atoms with Crippen LogP contribution in [0.25, 0.3) is 0 Å². The van der Waals surface area contributed by atoms with Gasteiger partial charge in [0.05, 0.1) is 24.8 Å². The number of benzene rings is 2. The molecule has 0 aliphatic carbocycles. The first kappa shape index (κ1) is 18.2. The van der Waals surface area contributed by atoms with E-state index in [0.29, 0.717) is 11.3 Å². The quantitative estimate of drug-likeness (QED) is 0.618. The van der Waals surface area contributed by atoms with Crippen LogP contribution in [0.1, 0.15) is 54.6 Å². The van der Waals surface area contributed by atoms with Crippen molar-refractivity contribution in [3.63, 3.8) is 0 Å². The van der Waals surface area contributed by atoms with Crippen molar-refractivity contribution in [1.82, 2.24) is 0 Å². The van der Waals surface area contributed by atoms with Gasteiger partial charge in [0, 0.05) is 16.8 Å². The van der Waals surface area contributed by atoms with Gasteiger partial charge in [0.1, 0.15) is 5.75 Å². The summed E-state index contributed by atoms with van der Waals surface area (Å²) in [5.74, 6) is 0.845. The predicted molar refractivity (Wildman–Crippen MR) is 106 cm³/mol. The van der Waals surface area contributed by atoms with E-state index >= 15 is 0 Å². The fraction of sp³-hybridized carbons (Fsp3) is 0.364. The molecule has 1 aliphatic heterocycles. The Hall–Kier alpha value is -2.62. The highest BCUT2D eigenvalue weighted by atomic mass is 16.5. The van der Waals surface area contributed by atoms with Crippen molar-refractivity contribution >= 4 is 17.2 Å². The third-order valence-corrected chi connectivity index (χ3v) is 5.40. The number of nitrogen functional groups attached to an aromatic ring is 1. The van der Waals surface area contributed by atoms with E-state index in [1.54, 1.807) is 31.4 Å². The average molecular weight is 350 g/mol. The number of carbonyl (C=O) groups is 1. The standard InChI is InChI=1S/C22H26N2O2/c1-4-22(5-2)14-16-8-11-18(26-3)12-19(16)20(24-22)13-21(25)15-6-9-17(23)10-7-15/h6-12H,4-5,13-14,23H2,1-3H3. The summed E-state index contributed by atoms with van der Waals surface area (Å²) in [7, 11) is 1.66. The van der Waals surface area contributed by atoms with Crippen molar-refractivity contribution in [3.8, 4) is 5.75 Å². The minimum absolute atomic E-state index is 0.0560. The zero-order chi connectivity index (χ0) is 18.7. The zero-order valence-electron chi connectivity index (χ0n) is 15.7. The second-order valence-electron chi connectivity index (χ2n) is 6.91. The van der Waals surface area contributed by atoms with Gasteiger partial charge in [-0.3, -0.25) is 9.79 Å². The van der Waals surface area contributed by atoms with Gasteiger partial charge < -0.3 is 10.5 Å². The number of nitrogens with zero attached hydrogens (tertiary/aromatic N) is 1. The van der Waals surface area contributed by atoms with E-state index in [1.807, 2.05) is 12.1 Å². The molecule has 3 rings (SSSR count). The van der Waals surface area contributed by atoms with E-state index in [9.17, 15) is 4.79 Å². The molecule has 26 heavy (non-hydrogen) atoms. The first-order valence-electron chi connectivity index (χ1n) is 9.15. The number of nitrogens with two attached hydrogens (primary N) is 1. The van der Waals surface area contributed by atoms with E-state index < -0.39 is 0 Å². The number of Topliss-reactive ketones (excluding diaryl/α,β-unsaturated/α-hetero) is 1. The Morgan fingerprint density at radius 2 is 1.85 bits per heavy atom. The lowest BCUT2D eigenvalue weighted by Gasteiger charge is -2.34. The summed E-state index contributed by atoms with van der Waals surface area (Å²) in [5, 5.41) is 0. The van der Waals surface area contributed by atoms with Gasteiger partial charge in [0.25, 0.3) is 0 Å². The maximum absolute atomic E-state index is 12.8. The van der Waals surface area contributed by atoms with Crippen LogP contribution in [0.5, 0.6) is 5.75 Å². The van der Waals surface area contributed by atoms with Gasteiger partial charge in [-0.25, -0.2) is 0 Å². The Kier molecular flexibility index (Phi) is 5.12. The fourth-order valence-corrected chi connectivity index (χ4v) is 3.56. The number of hydrogen-bond acceptors (Lipinski definition) is 4. The van der Waals surface area contributed by atoms with Crippen molar-refractivity contribution in [2.24, 2.45) is 4.99 Å². The Morgan fingerprint density at radius 1 is 1.15 bits per heavy atom. The summed E-state index contributed by atoms with van der Waals surface area (Å²) in [6.07, 6.45) is 3.09. The maximum Gasteiger partial charge on any atom is 0.168 e. The lowest BCUT2D eigenvalue weighted by atomic mass is 9.80. The molecule has 2 N–H and O–H groups in total. The lowest BCUT2D eigenvalue weighted by Crippen LogP contribution is -2.34. The molecular formula is C22H26N2O2. The van der Waals surface area contributed by atoms with Crippen LogP contribution in [-0.4, -0.2) is 24.1 Å². The number of ketones is 1. The molecule has 1 aliphatic rings. The van der Waals surface area contributed by atoms with E-state index in [-0.39, 0.29) is 17.7 Å². The van der Waals surface area contributed by atoms with Crippen LogP contribution in [0.3, 0.4) is 0 Å². The number of methoxy groups -OCH3 is 1. The van der Waals surface area contributed by atoms with Gasteiger partial charge in [-0.05, 0) is 61.2 Å². The van der Waals surface area contributed by atoms with Gasteiger partial charge in [0.15, 0.2) is 5.78 Å². The summed E-state index contributed by atoms with van der Waals surface area (Å²) in [5.41, 5.74) is 10.1. The first-order chi connectivity index (χ1) is 12.5. The third kappa shape index (κ3) is 3.50. The highest BCUT2D eigenvalue weighted by Crippen LogP contribution is 2.35. The Balaban J connectivity index is 2.00. The van der Waals surface area contributed by atoms with E-state index in [4.69, 9.17) is 15.5 Å². The number of ether oxygens (including phenoxy) is 1. The van der Waals surface area contributed by atoms with Crippen molar-refractivity contribution in [3.05, 3.63) is 59.2 Å². The number of hydrogen-bond donors (Lipinski definition) is 1. The zero-order valence-corrected chi connectivity index (χ0v) is 15.7. The van der Waals surface area contributed by atoms with Gasteiger partial charge in [-0.15, -0.1) is 0 Å². The topological polar surface area (TPSA) is 64.7 Å². The van der Waals surface area contributed by atoms with Gasteiger partial charge >= 0.3 is 0 Å². The number of fused-ring (bicyclic) bond motifs is 1. The van der Waals surface area contributed by atoms with Crippen molar-refractivity contribution in [2.75, 3.05) is 12.8 Å². The second-order valence-corrected chi connectivity index (χ2v) is 6.91. The summed E-state index contributed by atoms with van der Waals surface area (Å²) >= 11 is 0. The molecule has 2 aromatic rings. The molecule has 0 unspecified atom stereocenters. The van der Waals surface area contributed by atoms with Crippen LogP contribution in [-0.2, 0) is 6.42 Å². The summed E-state index contributed by atoms with van der Waals surface area (Å²) in [6.45, 7) is 4.34. The predicted octanol–water partition coefficient (Wildman–Crippen LogP) is 4.45. The molecule has 0 radical (unpaired) electrons. The summed E-state index contributed by atoms with van der Waals surface area (Å²) in [6, 6.07) is 13.2. The highest BCUT2D eigenvalue weighted by Gasteiger charge is 2.33. The minimum atomic E-state index is -0.127. The van der Waals surface area contributed by atoms with E-state index in [0.717, 1.165) is 36.3 Å². The summed E-state index contributed by atoms with van der Waals surface area (Å²) in [4.78, 5) is 17.9. The van der Waals surface area contributed by atoms with Crippen LogP contribution in [0.15, 0.2) is 47.5 Å². The molecular weight excluding hydrogens is 324 g/mol. The number of carbonyl (C=O) groups excluding carboxylic acids is 1. The normalized spacial score (nSPS) is 15.1. The molecule has 0 bridgehead atoms.